The summed E-state index contributed by atoms with van der Waals surface area (Å²) in [5.74, 6) is 0.251. The smallest absolute Gasteiger partial charge is 0.176 e. The largest absolute Gasteiger partial charge is 0.372 e. The predicted octanol–water partition coefficient (Wildman–Crippen LogP) is 2.14. The average Bonchev–Trinajstić information content (AvgIpc) is 3.04. The topological polar surface area (TPSA) is 26.8 Å². The number of likely N-dealkylation sites (N-methyl/N-ethyl adjacent to an activating group) is 1. The molecule has 0 spiro atoms. The highest BCUT2D eigenvalue weighted by Gasteiger charge is 2.18. The van der Waals surface area contributed by atoms with Crippen LogP contribution in [0.5, 0.6) is 0 Å². The summed E-state index contributed by atoms with van der Waals surface area (Å²) < 4.78 is 0. The number of halogens is 1. The molecule has 2 aliphatic heterocycles. The monoisotopic (exact) mass is 323 g/mol. The van der Waals surface area contributed by atoms with Crippen LogP contribution >= 0.6 is 12.4 Å². The number of Topliss-reactive ketones (excluding diaryl/α,β-unsaturated/α-hetero) is 1. The highest BCUT2D eigenvalue weighted by Crippen LogP contribution is 2.21. The summed E-state index contributed by atoms with van der Waals surface area (Å²) in [4.78, 5) is 19.5. The Morgan fingerprint density at radius 1 is 1.05 bits per heavy atom. The van der Waals surface area contributed by atoms with Gasteiger partial charge in [0.1, 0.15) is 0 Å². The van der Waals surface area contributed by atoms with Gasteiger partial charge in [0.05, 0.1) is 6.54 Å². The number of piperazine rings is 1. The van der Waals surface area contributed by atoms with Gasteiger partial charge in [-0.2, -0.15) is 0 Å². The lowest BCUT2D eigenvalue weighted by Gasteiger charge is -2.31. The molecule has 4 nitrogen and oxygen atoms in total. The molecule has 22 heavy (non-hydrogen) atoms. The number of carbonyl (C=O) groups is 1. The predicted molar refractivity (Wildman–Crippen MR) is 93.4 cm³/mol. The van der Waals surface area contributed by atoms with Gasteiger partial charge in [-0.15, -0.1) is 12.4 Å². The lowest BCUT2D eigenvalue weighted by Crippen LogP contribution is -2.46. The molecule has 2 saturated heterocycles. The van der Waals surface area contributed by atoms with Gasteiger partial charge in [-0.25, -0.2) is 0 Å². The van der Waals surface area contributed by atoms with E-state index in [0.717, 1.165) is 44.8 Å². The Kier molecular flexibility index (Phi) is 6.24. The molecule has 1 aromatic rings. The summed E-state index contributed by atoms with van der Waals surface area (Å²) in [6.07, 6.45) is 2.53. The Morgan fingerprint density at radius 2 is 1.73 bits per heavy atom. The molecule has 0 unspecified atom stereocenters. The fraction of sp³-hybridized carbons (Fsp3) is 0.588. The quantitative estimate of drug-likeness (QED) is 0.793. The van der Waals surface area contributed by atoms with E-state index in [1.54, 1.807) is 0 Å². The van der Waals surface area contributed by atoms with Crippen LogP contribution in [-0.4, -0.2) is 68.4 Å². The molecular formula is C17H26ClN3O. The third-order valence-electron chi connectivity index (χ3n) is 4.60. The van der Waals surface area contributed by atoms with Gasteiger partial charge in [0.15, 0.2) is 5.78 Å². The van der Waals surface area contributed by atoms with Gasteiger partial charge < -0.3 is 9.80 Å². The van der Waals surface area contributed by atoms with E-state index in [4.69, 9.17) is 0 Å². The van der Waals surface area contributed by atoms with Crippen LogP contribution in [0.1, 0.15) is 23.2 Å². The Labute approximate surface area is 139 Å². The molecule has 0 amide bonds. The summed E-state index contributed by atoms with van der Waals surface area (Å²) in [6.45, 7) is 6.90. The van der Waals surface area contributed by atoms with Crippen LogP contribution in [0.3, 0.4) is 0 Å². The lowest BCUT2D eigenvalue weighted by atomic mass is 10.1. The van der Waals surface area contributed by atoms with Crippen molar-refractivity contribution in [3.63, 3.8) is 0 Å². The zero-order chi connectivity index (χ0) is 14.7. The van der Waals surface area contributed by atoms with E-state index in [1.807, 2.05) is 12.1 Å². The number of rotatable bonds is 4. The first-order valence-corrected chi connectivity index (χ1v) is 8.01. The molecule has 122 valence electrons. The van der Waals surface area contributed by atoms with Crippen molar-refractivity contribution in [1.82, 2.24) is 9.80 Å². The van der Waals surface area contributed by atoms with E-state index in [9.17, 15) is 4.79 Å². The summed E-state index contributed by atoms with van der Waals surface area (Å²) >= 11 is 0. The minimum atomic E-state index is 0. The Hall–Kier alpha value is -1.10. The maximum atomic E-state index is 12.5. The third-order valence-corrected chi connectivity index (χ3v) is 4.60. The first kappa shape index (κ1) is 17.3. The fourth-order valence-corrected chi connectivity index (χ4v) is 3.15. The minimum Gasteiger partial charge on any atom is -0.372 e. The van der Waals surface area contributed by atoms with Crippen molar-refractivity contribution in [2.24, 2.45) is 0 Å². The first-order valence-electron chi connectivity index (χ1n) is 8.01. The van der Waals surface area contributed by atoms with E-state index in [0.29, 0.717) is 6.54 Å². The third kappa shape index (κ3) is 4.22. The van der Waals surface area contributed by atoms with Crippen molar-refractivity contribution in [3.8, 4) is 0 Å². The number of ketones is 1. The molecule has 0 aliphatic carbocycles. The van der Waals surface area contributed by atoms with E-state index in [-0.39, 0.29) is 18.2 Å². The zero-order valence-corrected chi connectivity index (χ0v) is 14.1. The van der Waals surface area contributed by atoms with Crippen LogP contribution in [0, 0.1) is 0 Å². The summed E-state index contributed by atoms with van der Waals surface area (Å²) in [5, 5.41) is 0. The maximum absolute atomic E-state index is 12.5. The van der Waals surface area contributed by atoms with E-state index < -0.39 is 0 Å². The SMILES string of the molecule is CN1CCN(CC(=O)c2cccc(N3CCCC3)c2)CC1.Cl. The lowest BCUT2D eigenvalue weighted by molar-refractivity contribution is 0.0876. The van der Waals surface area contributed by atoms with Crippen molar-refractivity contribution >= 4 is 23.9 Å². The highest BCUT2D eigenvalue weighted by molar-refractivity contribution is 5.98. The maximum Gasteiger partial charge on any atom is 0.176 e. The molecule has 0 aromatic heterocycles. The number of benzene rings is 1. The van der Waals surface area contributed by atoms with Crippen molar-refractivity contribution in [2.45, 2.75) is 12.8 Å². The van der Waals surface area contributed by atoms with Crippen LogP contribution in [0.4, 0.5) is 5.69 Å². The molecule has 2 aliphatic rings. The van der Waals surface area contributed by atoms with Crippen molar-refractivity contribution in [1.29, 1.82) is 0 Å². The molecule has 3 rings (SSSR count). The fourth-order valence-electron chi connectivity index (χ4n) is 3.15. The molecule has 2 fully saturated rings. The van der Waals surface area contributed by atoms with Gasteiger partial charge in [0, 0.05) is 50.5 Å². The molecule has 5 heteroatoms. The number of carbonyl (C=O) groups excluding carboxylic acids is 1. The zero-order valence-electron chi connectivity index (χ0n) is 13.3. The van der Waals surface area contributed by atoms with Gasteiger partial charge in [-0.3, -0.25) is 9.69 Å². The normalized spacial score (nSPS) is 20.0. The van der Waals surface area contributed by atoms with Crippen LogP contribution in [-0.2, 0) is 0 Å². The van der Waals surface area contributed by atoms with Crippen LogP contribution in [0.2, 0.25) is 0 Å². The molecule has 0 saturated carbocycles. The van der Waals surface area contributed by atoms with Gasteiger partial charge in [-0.1, -0.05) is 12.1 Å². The summed E-state index contributed by atoms with van der Waals surface area (Å²) in [5.41, 5.74) is 2.06. The van der Waals surface area contributed by atoms with E-state index >= 15 is 0 Å². The van der Waals surface area contributed by atoms with Crippen LogP contribution < -0.4 is 4.90 Å². The molecule has 0 N–H and O–H groups in total. The molecular weight excluding hydrogens is 298 g/mol. The highest BCUT2D eigenvalue weighted by atomic mass is 35.5. The van der Waals surface area contributed by atoms with Gasteiger partial charge in [0.25, 0.3) is 0 Å². The van der Waals surface area contributed by atoms with E-state index in [2.05, 4.69) is 33.9 Å². The van der Waals surface area contributed by atoms with Gasteiger partial charge in [-0.05, 0) is 32.0 Å². The Bertz CT molecular complexity index is 494. The average molecular weight is 324 g/mol. The van der Waals surface area contributed by atoms with Gasteiger partial charge in [0.2, 0.25) is 0 Å². The molecule has 1 aromatic carbocycles. The molecule has 2 heterocycles. The van der Waals surface area contributed by atoms with Crippen molar-refractivity contribution < 1.29 is 4.79 Å². The Morgan fingerprint density at radius 3 is 2.41 bits per heavy atom. The molecule has 0 radical (unpaired) electrons. The number of hydrogen-bond donors (Lipinski definition) is 0. The van der Waals surface area contributed by atoms with Crippen molar-refractivity contribution in [3.05, 3.63) is 29.8 Å². The molecule has 0 atom stereocenters. The number of anilines is 1. The van der Waals surface area contributed by atoms with Gasteiger partial charge >= 0.3 is 0 Å². The molecule has 0 bridgehead atoms. The second kappa shape index (κ2) is 7.95. The minimum absolute atomic E-state index is 0. The van der Waals surface area contributed by atoms with E-state index in [1.165, 1.54) is 18.5 Å². The van der Waals surface area contributed by atoms with Crippen molar-refractivity contribution in [2.75, 3.05) is 57.8 Å². The summed E-state index contributed by atoms with van der Waals surface area (Å²) in [6, 6.07) is 8.17. The second-order valence-electron chi connectivity index (χ2n) is 6.25. The number of nitrogens with zero attached hydrogens (tertiary/aromatic N) is 3. The standard InChI is InChI=1S/C17H25N3O.ClH/c1-18-9-11-19(12-10-18)14-17(21)15-5-4-6-16(13-15)20-7-2-3-8-20;/h4-6,13H,2-3,7-12,14H2,1H3;1H. The number of hydrogen-bond acceptors (Lipinski definition) is 4. The first-order chi connectivity index (χ1) is 10.2. The van der Waals surface area contributed by atoms with Crippen LogP contribution in [0.25, 0.3) is 0 Å². The summed E-state index contributed by atoms with van der Waals surface area (Å²) in [7, 11) is 2.14. The van der Waals surface area contributed by atoms with Crippen LogP contribution in [0.15, 0.2) is 24.3 Å². The Balaban J connectivity index is 0.00000176. The second-order valence-corrected chi connectivity index (χ2v) is 6.25.